The second-order valence-electron chi connectivity index (χ2n) is 5.62. The Labute approximate surface area is 143 Å². The van der Waals surface area contributed by atoms with Gasteiger partial charge in [0.05, 0.1) is 31.4 Å². The predicted molar refractivity (Wildman–Crippen MR) is 91.3 cm³/mol. The Morgan fingerprint density at radius 1 is 1.18 bits per heavy atom. The molecule has 1 aromatic rings. The minimum atomic E-state index is -0.582. The molecule has 0 heterocycles. The van der Waals surface area contributed by atoms with Crippen LogP contribution >= 0.6 is 24.0 Å². The molecule has 1 fully saturated rings. The van der Waals surface area contributed by atoms with Crippen molar-refractivity contribution < 1.29 is 14.6 Å². The van der Waals surface area contributed by atoms with Crippen LogP contribution in [0.25, 0.3) is 0 Å². The van der Waals surface area contributed by atoms with Crippen LogP contribution in [0.4, 0.5) is 0 Å². The highest BCUT2D eigenvalue weighted by atomic mass is 35.5. The van der Waals surface area contributed by atoms with Gasteiger partial charge in [-0.25, -0.2) is 0 Å². The van der Waals surface area contributed by atoms with E-state index in [9.17, 15) is 5.11 Å². The maximum atomic E-state index is 10.6. The van der Waals surface area contributed by atoms with E-state index in [1.807, 2.05) is 0 Å². The van der Waals surface area contributed by atoms with Crippen molar-refractivity contribution in [1.29, 1.82) is 0 Å². The van der Waals surface area contributed by atoms with Crippen molar-refractivity contribution in [3.8, 4) is 11.5 Å². The summed E-state index contributed by atoms with van der Waals surface area (Å²) in [5.41, 5.74) is 6.96. The van der Waals surface area contributed by atoms with Crippen LogP contribution in [-0.2, 0) is 0 Å². The SMILES string of the molecule is COc1ccc([C@@H](N)[C@@H](O)C2CCCCC2)c(Cl)c1OC.Cl. The van der Waals surface area contributed by atoms with Crippen LogP contribution in [0.15, 0.2) is 12.1 Å². The summed E-state index contributed by atoms with van der Waals surface area (Å²) in [4.78, 5) is 0. The van der Waals surface area contributed by atoms with Gasteiger partial charge in [0.1, 0.15) is 0 Å². The molecule has 0 radical (unpaired) electrons. The van der Waals surface area contributed by atoms with E-state index in [0.29, 0.717) is 22.1 Å². The lowest BCUT2D eigenvalue weighted by Gasteiger charge is -2.31. The molecule has 1 saturated carbocycles. The molecule has 22 heavy (non-hydrogen) atoms. The summed E-state index contributed by atoms with van der Waals surface area (Å²) in [6, 6.07) is 3.06. The zero-order valence-electron chi connectivity index (χ0n) is 13.0. The average molecular weight is 350 g/mol. The summed E-state index contributed by atoms with van der Waals surface area (Å²) in [7, 11) is 3.10. The molecule has 0 aliphatic heterocycles. The fourth-order valence-corrected chi connectivity index (χ4v) is 3.47. The highest BCUT2D eigenvalue weighted by Crippen LogP contribution is 2.41. The maximum absolute atomic E-state index is 10.6. The summed E-state index contributed by atoms with van der Waals surface area (Å²) in [5, 5.41) is 11.0. The lowest BCUT2D eigenvalue weighted by Crippen LogP contribution is -2.34. The number of rotatable bonds is 5. The number of hydrogen-bond acceptors (Lipinski definition) is 4. The van der Waals surface area contributed by atoms with E-state index >= 15 is 0 Å². The molecule has 4 nitrogen and oxygen atoms in total. The number of nitrogens with two attached hydrogens (primary N) is 1. The van der Waals surface area contributed by atoms with E-state index in [4.69, 9.17) is 26.8 Å². The Bertz CT molecular complexity index is 479. The van der Waals surface area contributed by atoms with Gasteiger partial charge in [0.25, 0.3) is 0 Å². The minimum absolute atomic E-state index is 0. The van der Waals surface area contributed by atoms with Crippen molar-refractivity contribution in [1.82, 2.24) is 0 Å². The molecule has 0 spiro atoms. The van der Waals surface area contributed by atoms with E-state index in [1.54, 1.807) is 19.2 Å². The van der Waals surface area contributed by atoms with E-state index in [2.05, 4.69) is 0 Å². The van der Waals surface area contributed by atoms with Gasteiger partial charge in [-0.1, -0.05) is 36.9 Å². The van der Waals surface area contributed by atoms with Crippen LogP contribution in [0.2, 0.25) is 5.02 Å². The third kappa shape index (κ3) is 3.99. The van der Waals surface area contributed by atoms with Gasteiger partial charge in [0.2, 0.25) is 0 Å². The number of benzene rings is 1. The molecule has 1 aromatic carbocycles. The largest absolute Gasteiger partial charge is 0.493 e. The third-order valence-electron chi connectivity index (χ3n) is 4.37. The summed E-state index contributed by atoms with van der Waals surface area (Å²) >= 11 is 6.37. The molecule has 0 bridgehead atoms. The maximum Gasteiger partial charge on any atom is 0.179 e. The highest BCUT2D eigenvalue weighted by molar-refractivity contribution is 6.33. The minimum Gasteiger partial charge on any atom is -0.493 e. The first-order valence-electron chi connectivity index (χ1n) is 7.44. The molecular formula is C16H25Cl2NO3. The normalized spacial score (nSPS) is 18.2. The summed E-state index contributed by atoms with van der Waals surface area (Å²) in [6.45, 7) is 0. The zero-order valence-corrected chi connectivity index (χ0v) is 14.6. The Morgan fingerprint density at radius 2 is 1.82 bits per heavy atom. The van der Waals surface area contributed by atoms with Crippen molar-refractivity contribution in [2.24, 2.45) is 11.7 Å². The zero-order chi connectivity index (χ0) is 15.4. The van der Waals surface area contributed by atoms with Crippen LogP contribution in [-0.4, -0.2) is 25.4 Å². The number of halogens is 2. The molecular weight excluding hydrogens is 325 g/mol. The van der Waals surface area contributed by atoms with Crippen LogP contribution in [0.3, 0.4) is 0 Å². The van der Waals surface area contributed by atoms with Crippen LogP contribution in [0.1, 0.15) is 43.7 Å². The monoisotopic (exact) mass is 349 g/mol. The highest BCUT2D eigenvalue weighted by Gasteiger charge is 2.30. The molecule has 1 aliphatic rings. The van der Waals surface area contributed by atoms with Crippen molar-refractivity contribution in [3.63, 3.8) is 0 Å². The van der Waals surface area contributed by atoms with E-state index in [0.717, 1.165) is 25.7 Å². The first kappa shape index (κ1) is 19.4. The average Bonchev–Trinajstić information content (AvgIpc) is 2.53. The van der Waals surface area contributed by atoms with Gasteiger partial charge < -0.3 is 20.3 Å². The van der Waals surface area contributed by atoms with Gasteiger partial charge in [-0.15, -0.1) is 12.4 Å². The van der Waals surface area contributed by atoms with Crippen LogP contribution < -0.4 is 15.2 Å². The van der Waals surface area contributed by atoms with E-state index < -0.39 is 12.1 Å². The smallest absolute Gasteiger partial charge is 0.179 e. The second-order valence-corrected chi connectivity index (χ2v) is 6.00. The van der Waals surface area contributed by atoms with Gasteiger partial charge in [-0.05, 0) is 30.4 Å². The summed E-state index contributed by atoms with van der Waals surface area (Å²) in [5.74, 6) is 1.27. The molecule has 0 unspecified atom stereocenters. The van der Waals surface area contributed by atoms with E-state index in [1.165, 1.54) is 13.5 Å². The lowest BCUT2D eigenvalue weighted by molar-refractivity contribution is 0.0617. The topological polar surface area (TPSA) is 64.7 Å². The van der Waals surface area contributed by atoms with Crippen LogP contribution in [0.5, 0.6) is 11.5 Å². The number of hydrogen-bond donors (Lipinski definition) is 2. The Morgan fingerprint density at radius 3 is 2.36 bits per heavy atom. The predicted octanol–water partition coefficient (Wildman–Crippen LogP) is 3.72. The van der Waals surface area contributed by atoms with Gasteiger partial charge in [0, 0.05) is 0 Å². The molecule has 0 aromatic heterocycles. The van der Waals surface area contributed by atoms with Gasteiger partial charge in [-0.2, -0.15) is 0 Å². The first-order chi connectivity index (χ1) is 10.1. The molecule has 126 valence electrons. The molecule has 6 heteroatoms. The standard InChI is InChI=1S/C16H24ClNO3.ClH/c1-20-12-9-8-11(13(17)16(12)21-2)14(18)15(19)10-6-4-3-5-7-10;/h8-10,14-15,19H,3-7,18H2,1-2H3;1H/t14-,15+;/m1./s1. The molecule has 3 N–H and O–H groups in total. The summed E-state index contributed by atoms with van der Waals surface area (Å²) < 4.78 is 10.5. The number of aliphatic hydroxyl groups is 1. The lowest BCUT2D eigenvalue weighted by atomic mass is 9.81. The number of methoxy groups -OCH3 is 2. The van der Waals surface area contributed by atoms with Gasteiger partial charge >= 0.3 is 0 Å². The quantitative estimate of drug-likeness (QED) is 0.850. The van der Waals surface area contributed by atoms with Crippen molar-refractivity contribution in [3.05, 3.63) is 22.7 Å². The fourth-order valence-electron chi connectivity index (χ4n) is 3.11. The Hall–Kier alpha value is -0.680. The van der Waals surface area contributed by atoms with Crippen molar-refractivity contribution >= 4 is 24.0 Å². The third-order valence-corrected chi connectivity index (χ3v) is 4.76. The van der Waals surface area contributed by atoms with Gasteiger partial charge in [-0.3, -0.25) is 0 Å². The van der Waals surface area contributed by atoms with Crippen molar-refractivity contribution in [2.75, 3.05) is 14.2 Å². The van der Waals surface area contributed by atoms with E-state index in [-0.39, 0.29) is 18.3 Å². The molecule has 1 aliphatic carbocycles. The molecule has 0 amide bonds. The van der Waals surface area contributed by atoms with Gasteiger partial charge in [0.15, 0.2) is 11.5 Å². The Balaban J connectivity index is 0.00000242. The second kappa shape index (κ2) is 8.82. The van der Waals surface area contributed by atoms with Crippen LogP contribution in [0, 0.1) is 5.92 Å². The summed E-state index contributed by atoms with van der Waals surface area (Å²) in [6.07, 6.45) is 5.04. The first-order valence-corrected chi connectivity index (χ1v) is 7.82. The number of aliphatic hydroxyl groups excluding tert-OH is 1. The van der Waals surface area contributed by atoms with Crippen molar-refractivity contribution in [2.45, 2.75) is 44.2 Å². The Kier molecular flexibility index (Phi) is 7.77. The molecule has 2 rings (SSSR count). The number of ether oxygens (including phenoxy) is 2. The molecule has 0 saturated heterocycles. The fraction of sp³-hybridized carbons (Fsp3) is 0.625. The molecule has 2 atom stereocenters.